The predicted molar refractivity (Wildman–Crippen MR) is 118 cm³/mol. The van der Waals surface area contributed by atoms with E-state index in [0.717, 1.165) is 12.2 Å². The Hall–Kier alpha value is -2.98. The van der Waals surface area contributed by atoms with Gasteiger partial charge in [0, 0.05) is 32.5 Å². The molecule has 1 aliphatic rings. The number of hydrogen-bond acceptors (Lipinski definition) is 7. The second-order valence-corrected chi connectivity index (χ2v) is 8.91. The highest BCUT2D eigenvalue weighted by atomic mass is 32.2. The lowest BCUT2D eigenvalue weighted by atomic mass is 10.3. The predicted octanol–water partition coefficient (Wildman–Crippen LogP) is 2.06. The number of nitrogens with one attached hydrogen (secondary N) is 1. The van der Waals surface area contributed by atoms with Crippen molar-refractivity contribution >= 4 is 15.9 Å². The Balaban J connectivity index is 1.43. The van der Waals surface area contributed by atoms with Crippen molar-refractivity contribution in [1.29, 1.82) is 0 Å². The first-order chi connectivity index (χ1) is 15.4. The van der Waals surface area contributed by atoms with E-state index in [1.807, 2.05) is 0 Å². The second-order valence-electron chi connectivity index (χ2n) is 7.15. The van der Waals surface area contributed by atoms with Gasteiger partial charge in [-0.3, -0.25) is 4.79 Å². The molecule has 0 atom stereocenters. The summed E-state index contributed by atoms with van der Waals surface area (Å²) in [5.41, 5.74) is 0. The maximum atomic E-state index is 12.6. The van der Waals surface area contributed by atoms with Crippen molar-refractivity contribution in [3.05, 3.63) is 42.5 Å². The highest BCUT2D eigenvalue weighted by Gasteiger charge is 2.19. The zero-order valence-electron chi connectivity index (χ0n) is 18.2. The van der Waals surface area contributed by atoms with E-state index in [0.29, 0.717) is 43.6 Å². The number of nitrogens with zero attached hydrogens (tertiary/aromatic N) is 1. The summed E-state index contributed by atoms with van der Waals surface area (Å²) in [6.07, 6.45) is 0.762. The molecule has 3 rings (SSSR count). The lowest BCUT2D eigenvalue weighted by molar-refractivity contribution is -0.130. The zero-order valence-corrected chi connectivity index (χ0v) is 19.0. The summed E-state index contributed by atoms with van der Waals surface area (Å²) in [6.45, 7) is 1.67. The number of amides is 1. The number of rotatable bonds is 10. The molecule has 2 aromatic rings. The Bertz CT molecular complexity index is 1010. The van der Waals surface area contributed by atoms with E-state index in [1.54, 1.807) is 44.5 Å². The lowest BCUT2D eigenvalue weighted by Gasteiger charge is -2.18. The van der Waals surface area contributed by atoms with Gasteiger partial charge >= 0.3 is 0 Å². The summed E-state index contributed by atoms with van der Waals surface area (Å²) < 4.78 is 49.4. The first-order valence-corrected chi connectivity index (χ1v) is 11.8. The Labute approximate surface area is 188 Å². The van der Waals surface area contributed by atoms with Gasteiger partial charge in [0.2, 0.25) is 15.9 Å². The average molecular weight is 465 g/mol. The van der Waals surface area contributed by atoms with Crippen molar-refractivity contribution in [2.45, 2.75) is 17.7 Å². The highest BCUT2D eigenvalue weighted by Crippen LogP contribution is 2.31. The van der Waals surface area contributed by atoms with Gasteiger partial charge in [0.15, 0.2) is 11.5 Å². The first kappa shape index (κ1) is 23.7. The van der Waals surface area contributed by atoms with Crippen molar-refractivity contribution in [2.24, 2.45) is 0 Å². The molecule has 0 saturated carbocycles. The molecule has 174 valence electrons. The average Bonchev–Trinajstić information content (AvgIpc) is 3.04. The molecule has 9 nitrogen and oxygen atoms in total. The Morgan fingerprint density at radius 2 is 1.75 bits per heavy atom. The van der Waals surface area contributed by atoms with E-state index >= 15 is 0 Å². The SMILES string of the molecule is COc1ccc(OCCN(C)C(=O)CCNS(=O)(=O)c2ccc3c(c2)OCCCO3)cc1. The Morgan fingerprint density at radius 1 is 1.06 bits per heavy atom. The minimum absolute atomic E-state index is 0.0146. The van der Waals surface area contributed by atoms with Crippen molar-refractivity contribution in [3.63, 3.8) is 0 Å². The fraction of sp³-hybridized carbons (Fsp3) is 0.409. The molecule has 0 radical (unpaired) electrons. The molecule has 2 aromatic carbocycles. The fourth-order valence-corrected chi connectivity index (χ4v) is 4.02. The van der Waals surface area contributed by atoms with E-state index in [1.165, 1.54) is 17.0 Å². The lowest BCUT2D eigenvalue weighted by Crippen LogP contribution is -2.34. The summed E-state index contributed by atoms with van der Waals surface area (Å²) in [5.74, 6) is 2.14. The van der Waals surface area contributed by atoms with Crippen molar-refractivity contribution < 1.29 is 32.2 Å². The molecule has 0 saturated heterocycles. The molecular formula is C22H28N2O7S. The largest absolute Gasteiger partial charge is 0.497 e. The number of methoxy groups -OCH3 is 1. The molecule has 1 heterocycles. The summed E-state index contributed by atoms with van der Waals surface area (Å²) in [4.78, 5) is 13.9. The molecular weight excluding hydrogens is 436 g/mol. The van der Waals surface area contributed by atoms with E-state index in [2.05, 4.69) is 4.72 Å². The van der Waals surface area contributed by atoms with Crippen LogP contribution in [-0.2, 0) is 14.8 Å². The van der Waals surface area contributed by atoms with E-state index < -0.39 is 10.0 Å². The molecule has 0 fully saturated rings. The van der Waals surface area contributed by atoms with Crippen LogP contribution in [0.3, 0.4) is 0 Å². The van der Waals surface area contributed by atoms with Crippen molar-refractivity contribution in [3.8, 4) is 23.0 Å². The van der Waals surface area contributed by atoms with Crippen LogP contribution in [0.15, 0.2) is 47.4 Å². The van der Waals surface area contributed by atoms with Crippen LogP contribution in [0.1, 0.15) is 12.8 Å². The Morgan fingerprint density at radius 3 is 2.47 bits per heavy atom. The smallest absolute Gasteiger partial charge is 0.240 e. The molecule has 0 bridgehead atoms. The first-order valence-electron chi connectivity index (χ1n) is 10.3. The highest BCUT2D eigenvalue weighted by molar-refractivity contribution is 7.89. The maximum absolute atomic E-state index is 12.6. The van der Waals surface area contributed by atoms with E-state index in [-0.39, 0.29) is 23.8 Å². The van der Waals surface area contributed by atoms with Crippen LogP contribution >= 0.6 is 0 Å². The van der Waals surface area contributed by atoms with Crippen LogP contribution in [-0.4, -0.2) is 66.3 Å². The van der Waals surface area contributed by atoms with Crippen molar-refractivity contribution in [1.82, 2.24) is 9.62 Å². The number of fused-ring (bicyclic) bond motifs is 1. The van der Waals surface area contributed by atoms with E-state index in [9.17, 15) is 13.2 Å². The van der Waals surface area contributed by atoms with Gasteiger partial charge < -0.3 is 23.8 Å². The number of carbonyl (C=O) groups excluding carboxylic acids is 1. The fourth-order valence-electron chi connectivity index (χ4n) is 2.97. The zero-order chi connectivity index (χ0) is 23.0. The third-order valence-corrected chi connectivity index (χ3v) is 6.30. The molecule has 1 amide bonds. The van der Waals surface area contributed by atoms with Crippen LogP contribution in [0.2, 0.25) is 0 Å². The number of likely N-dealkylation sites (N-methyl/N-ethyl adjacent to an activating group) is 1. The van der Waals surface area contributed by atoms with Crippen LogP contribution in [0.25, 0.3) is 0 Å². The van der Waals surface area contributed by atoms with Crippen LogP contribution < -0.4 is 23.7 Å². The third kappa shape index (κ3) is 6.51. The topological polar surface area (TPSA) is 103 Å². The molecule has 0 unspecified atom stereocenters. The third-order valence-electron chi connectivity index (χ3n) is 4.84. The molecule has 0 aromatic heterocycles. The summed E-state index contributed by atoms with van der Waals surface area (Å²) >= 11 is 0. The van der Waals surface area contributed by atoms with Crippen LogP contribution in [0.5, 0.6) is 23.0 Å². The van der Waals surface area contributed by atoms with Gasteiger partial charge in [-0.15, -0.1) is 0 Å². The van der Waals surface area contributed by atoms with Crippen LogP contribution in [0.4, 0.5) is 0 Å². The van der Waals surface area contributed by atoms with Crippen molar-refractivity contribution in [2.75, 3.05) is 47.1 Å². The maximum Gasteiger partial charge on any atom is 0.240 e. The number of benzene rings is 2. The van der Waals surface area contributed by atoms with Gasteiger partial charge in [-0.2, -0.15) is 0 Å². The molecule has 0 spiro atoms. The van der Waals surface area contributed by atoms with Gasteiger partial charge in [-0.05, 0) is 36.4 Å². The van der Waals surface area contributed by atoms with Gasteiger partial charge in [0.05, 0.1) is 31.8 Å². The number of sulfonamides is 1. The molecule has 1 aliphatic heterocycles. The van der Waals surface area contributed by atoms with Gasteiger partial charge in [0.1, 0.15) is 18.1 Å². The van der Waals surface area contributed by atoms with Gasteiger partial charge in [-0.1, -0.05) is 0 Å². The molecule has 1 N–H and O–H groups in total. The monoisotopic (exact) mass is 464 g/mol. The van der Waals surface area contributed by atoms with Gasteiger partial charge in [0.25, 0.3) is 0 Å². The van der Waals surface area contributed by atoms with Gasteiger partial charge in [-0.25, -0.2) is 13.1 Å². The Kier molecular flexibility index (Phi) is 8.18. The second kappa shape index (κ2) is 11.1. The molecule has 0 aliphatic carbocycles. The molecule has 10 heteroatoms. The number of carbonyl (C=O) groups is 1. The quantitative estimate of drug-likeness (QED) is 0.574. The standard InChI is InChI=1S/C22H28N2O7S/c1-24(12-15-29-18-6-4-17(28-2)5-7-18)22(25)10-11-23-32(26,27)19-8-9-20-21(16-19)31-14-3-13-30-20/h4-9,16,23H,3,10-15H2,1-2H3. The van der Waals surface area contributed by atoms with E-state index in [4.69, 9.17) is 18.9 Å². The summed E-state index contributed by atoms with van der Waals surface area (Å²) in [7, 11) is -0.535. The number of ether oxygens (including phenoxy) is 4. The number of hydrogen-bond donors (Lipinski definition) is 1. The van der Waals surface area contributed by atoms with Crippen LogP contribution in [0, 0.1) is 0 Å². The molecule has 32 heavy (non-hydrogen) atoms. The minimum atomic E-state index is -3.78. The normalized spacial score (nSPS) is 13.2. The summed E-state index contributed by atoms with van der Waals surface area (Å²) in [6, 6.07) is 11.6. The summed E-state index contributed by atoms with van der Waals surface area (Å²) in [5, 5.41) is 0. The minimum Gasteiger partial charge on any atom is -0.497 e.